The highest BCUT2D eigenvalue weighted by atomic mass is 19.1. The molecule has 0 saturated carbocycles. The van der Waals surface area contributed by atoms with Gasteiger partial charge in [0, 0.05) is 5.69 Å². The van der Waals surface area contributed by atoms with E-state index in [1.54, 1.807) is 18.4 Å². The summed E-state index contributed by atoms with van der Waals surface area (Å²) in [5, 5.41) is 2.85. The van der Waals surface area contributed by atoms with E-state index in [9.17, 15) is 9.18 Å². The summed E-state index contributed by atoms with van der Waals surface area (Å²) < 4.78 is 18.4. The molecule has 0 aliphatic heterocycles. The number of benzene rings is 2. The minimum Gasteiger partial charge on any atom is -0.468 e. The molecule has 4 nitrogen and oxygen atoms in total. The third-order valence-corrected chi connectivity index (χ3v) is 3.90. The molecule has 0 radical (unpaired) electrons. The van der Waals surface area contributed by atoms with E-state index in [4.69, 9.17) is 4.42 Å². The minimum absolute atomic E-state index is 0.188. The van der Waals surface area contributed by atoms with Gasteiger partial charge in [-0.1, -0.05) is 30.3 Å². The van der Waals surface area contributed by atoms with Crippen molar-refractivity contribution in [1.29, 1.82) is 0 Å². The molecule has 5 heteroatoms. The number of hydrogen-bond acceptors (Lipinski definition) is 3. The molecule has 1 amide bonds. The predicted molar refractivity (Wildman–Crippen MR) is 94.4 cm³/mol. The van der Waals surface area contributed by atoms with Gasteiger partial charge < -0.3 is 9.73 Å². The highest BCUT2D eigenvalue weighted by Crippen LogP contribution is 2.23. The number of carbonyl (C=O) groups is 1. The van der Waals surface area contributed by atoms with Crippen LogP contribution in [-0.2, 0) is 11.3 Å². The molecule has 3 aromatic rings. The Hall–Kier alpha value is -2.92. The largest absolute Gasteiger partial charge is 0.468 e. The van der Waals surface area contributed by atoms with E-state index >= 15 is 0 Å². The third-order valence-electron chi connectivity index (χ3n) is 3.90. The number of hydrogen-bond donors (Lipinski definition) is 1. The van der Waals surface area contributed by atoms with Gasteiger partial charge in [-0.25, -0.2) is 4.39 Å². The Morgan fingerprint density at radius 2 is 1.80 bits per heavy atom. The van der Waals surface area contributed by atoms with E-state index in [1.807, 2.05) is 54.4 Å². The number of nitrogens with zero attached hydrogens (tertiary/aromatic N) is 1. The molecule has 0 fully saturated rings. The molecular weight excluding hydrogens is 319 g/mol. The van der Waals surface area contributed by atoms with Gasteiger partial charge in [-0.3, -0.25) is 9.69 Å². The van der Waals surface area contributed by atoms with Crippen molar-refractivity contribution in [2.75, 3.05) is 12.4 Å². The average molecular weight is 338 g/mol. The van der Waals surface area contributed by atoms with Crippen LogP contribution in [0.5, 0.6) is 0 Å². The molecule has 1 aromatic heterocycles. The molecule has 0 unspecified atom stereocenters. The molecule has 128 valence electrons. The first kappa shape index (κ1) is 16.9. The lowest BCUT2D eigenvalue weighted by Crippen LogP contribution is -2.34. The second kappa shape index (κ2) is 7.77. The Morgan fingerprint density at radius 3 is 2.44 bits per heavy atom. The van der Waals surface area contributed by atoms with E-state index < -0.39 is 6.04 Å². The molecule has 0 bridgehead atoms. The summed E-state index contributed by atoms with van der Waals surface area (Å²) >= 11 is 0. The van der Waals surface area contributed by atoms with Crippen LogP contribution in [0.4, 0.5) is 10.1 Å². The molecule has 1 heterocycles. The van der Waals surface area contributed by atoms with Gasteiger partial charge in [0.15, 0.2) is 0 Å². The number of carbonyl (C=O) groups excluding carboxylic acids is 1. The molecule has 25 heavy (non-hydrogen) atoms. The van der Waals surface area contributed by atoms with Crippen LogP contribution in [0.15, 0.2) is 77.4 Å². The maximum absolute atomic E-state index is 13.1. The number of furan rings is 1. The molecule has 0 spiro atoms. The molecule has 0 aliphatic carbocycles. The number of nitrogens with one attached hydrogen (secondary N) is 1. The Kier molecular flexibility index (Phi) is 5.26. The topological polar surface area (TPSA) is 45.5 Å². The van der Waals surface area contributed by atoms with Crippen molar-refractivity contribution in [2.45, 2.75) is 12.6 Å². The minimum atomic E-state index is -0.503. The normalized spacial score (nSPS) is 12.1. The summed E-state index contributed by atoms with van der Waals surface area (Å²) in [5.74, 6) is 0.248. The lowest BCUT2D eigenvalue weighted by molar-refractivity contribution is -0.121. The van der Waals surface area contributed by atoms with Crippen molar-refractivity contribution < 1.29 is 13.6 Å². The summed E-state index contributed by atoms with van der Waals surface area (Å²) in [5.41, 5.74) is 1.43. The molecule has 0 saturated heterocycles. The van der Waals surface area contributed by atoms with Crippen molar-refractivity contribution in [2.24, 2.45) is 0 Å². The van der Waals surface area contributed by atoms with Gasteiger partial charge in [0.25, 0.3) is 0 Å². The molecule has 2 aromatic carbocycles. The second-order valence-electron chi connectivity index (χ2n) is 5.80. The Labute approximate surface area is 145 Å². The van der Waals surface area contributed by atoms with E-state index in [0.29, 0.717) is 12.2 Å². The molecule has 1 atom stereocenters. The summed E-state index contributed by atoms with van der Waals surface area (Å²) in [4.78, 5) is 14.8. The molecular formula is C20H19FN2O2. The van der Waals surface area contributed by atoms with Crippen LogP contribution in [0.3, 0.4) is 0 Å². The number of likely N-dealkylation sites (N-methyl/N-ethyl adjacent to an activating group) is 1. The fourth-order valence-corrected chi connectivity index (χ4v) is 2.72. The predicted octanol–water partition coefficient (Wildman–Crippen LogP) is 4.23. The van der Waals surface area contributed by atoms with Gasteiger partial charge in [0.1, 0.15) is 17.6 Å². The Morgan fingerprint density at radius 1 is 1.08 bits per heavy atom. The first-order valence-electron chi connectivity index (χ1n) is 7.97. The number of amides is 1. The van der Waals surface area contributed by atoms with E-state index in [-0.39, 0.29) is 11.7 Å². The SMILES string of the molecule is CN(Cc1ccco1)[C@@H](C(=O)Nc1ccc(F)cc1)c1ccccc1. The van der Waals surface area contributed by atoms with Gasteiger partial charge in [-0.15, -0.1) is 0 Å². The van der Waals surface area contributed by atoms with Gasteiger partial charge >= 0.3 is 0 Å². The van der Waals surface area contributed by atoms with Crippen molar-refractivity contribution in [3.63, 3.8) is 0 Å². The van der Waals surface area contributed by atoms with Crippen LogP contribution >= 0.6 is 0 Å². The first-order valence-corrected chi connectivity index (χ1v) is 7.97. The highest BCUT2D eigenvalue weighted by Gasteiger charge is 2.25. The van der Waals surface area contributed by atoms with Crippen LogP contribution in [0, 0.1) is 5.82 Å². The highest BCUT2D eigenvalue weighted by molar-refractivity contribution is 5.95. The summed E-state index contributed by atoms with van der Waals surface area (Å²) in [6.07, 6.45) is 1.61. The summed E-state index contributed by atoms with van der Waals surface area (Å²) in [6.45, 7) is 0.489. The first-order chi connectivity index (χ1) is 12.1. The van der Waals surface area contributed by atoms with Crippen molar-refractivity contribution in [1.82, 2.24) is 4.90 Å². The fourth-order valence-electron chi connectivity index (χ4n) is 2.72. The van der Waals surface area contributed by atoms with Crippen LogP contribution in [-0.4, -0.2) is 17.9 Å². The maximum Gasteiger partial charge on any atom is 0.246 e. The fraction of sp³-hybridized carbons (Fsp3) is 0.150. The van der Waals surface area contributed by atoms with Crippen LogP contribution < -0.4 is 5.32 Å². The van der Waals surface area contributed by atoms with Crippen molar-refractivity contribution in [3.05, 3.63) is 90.1 Å². The van der Waals surface area contributed by atoms with Crippen LogP contribution in [0.1, 0.15) is 17.4 Å². The third kappa shape index (κ3) is 4.33. The molecule has 3 rings (SSSR count). The number of rotatable bonds is 6. The van der Waals surface area contributed by atoms with E-state index in [2.05, 4.69) is 5.32 Å². The smallest absolute Gasteiger partial charge is 0.246 e. The van der Waals surface area contributed by atoms with Gasteiger partial charge in [-0.05, 0) is 49.0 Å². The van der Waals surface area contributed by atoms with E-state index in [0.717, 1.165) is 11.3 Å². The zero-order chi connectivity index (χ0) is 17.6. The second-order valence-corrected chi connectivity index (χ2v) is 5.80. The van der Waals surface area contributed by atoms with Crippen molar-refractivity contribution >= 4 is 11.6 Å². The van der Waals surface area contributed by atoms with Crippen LogP contribution in [0.2, 0.25) is 0 Å². The van der Waals surface area contributed by atoms with Crippen molar-refractivity contribution in [3.8, 4) is 0 Å². The van der Waals surface area contributed by atoms with Crippen LogP contribution in [0.25, 0.3) is 0 Å². The zero-order valence-electron chi connectivity index (χ0n) is 13.9. The average Bonchev–Trinajstić information content (AvgIpc) is 3.11. The van der Waals surface area contributed by atoms with Gasteiger partial charge in [0.2, 0.25) is 5.91 Å². The zero-order valence-corrected chi connectivity index (χ0v) is 13.9. The van der Waals surface area contributed by atoms with Gasteiger partial charge in [0.05, 0.1) is 12.8 Å². The molecule has 0 aliphatic rings. The maximum atomic E-state index is 13.1. The monoisotopic (exact) mass is 338 g/mol. The van der Waals surface area contributed by atoms with E-state index in [1.165, 1.54) is 12.1 Å². The lowest BCUT2D eigenvalue weighted by Gasteiger charge is -2.27. The molecule has 1 N–H and O–H groups in total. The Balaban J connectivity index is 1.82. The van der Waals surface area contributed by atoms with Gasteiger partial charge in [-0.2, -0.15) is 0 Å². The Bertz CT molecular complexity index is 801. The summed E-state index contributed by atoms with van der Waals surface area (Å²) in [7, 11) is 1.87. The lowest BCUT2D eigenvalue weighted by atomic mass is 10.0. The quantitative estimate of drug-likeness (QED) is 0.731. The number of halogens is 1. The summed E-state index contributed by atoms with van der Waals surface area (Å²) in [6, 6.07) is 18.4. The number of anilines is 1. The standard InChI is InChI=1S/C20H19FN2O2/c1-23(14-18-8-5-13-25-18)19(15-6-3-2-4-7-15)20(24)22-17-11-9-16(21)10-12-17/h2-13,19H,14H2,1H3,(H,22,24)/t19-/m1/s1.